The van der Waals surface area contributed by atoms with E-state index in [-0.39, 0.29) is 17.7 Å². The third-order valence-corrected chi connectivity index (χ3v) is 6.82. The lowest BCUT2D eigenvalue weighted by Gasteiger charge is -2.16. The molecule has 1 saturated heterocycles. The summed E-state index contributed by atoms with van der Waals surface area (Å²) in [7, 11) is 0. The number of rotatable bonds is 5. The maximum Gasteiger partial charge on any atom is 0.229 e. The van der Waals surface area contributed by atoms with E-state index in [1.54, 1.807) is 23.1 Å². The van der Waals surface area contributed by atoms with E-state index in [2.05, 4.69) is 16.4 Å². The maximum atomic E-state index is 12.6. The number of aromatic nitrogens is 1. The first-order valence-electron chi connectivity index (χ1n) is 8.80. The van der Waals surface area contributed by atoms with Gasteiger partial charge in [0.25, 0.3) is 0 Å². The number of anilines is 1. The van der Waals surface area contributed by atoms with E-state index >= 15 is 0 Å². The van der Waals surface area contributed by atoms with E-state index in [4.69, 9.17) is 0 Å². The molecule has 2 fully saturated rings. The molecule has 1 unspecified atom stereocenters. The Hall–Kier alpha value is -1.86. The van der Waals surface area contributed by atoms with E-state index in [0.29, 0.717) is 19.0 Å². The molecule has 136 valence electrons. The van der Waals surface area contributed by atoms with Crippen LogP contribution in [0.15, 0.2) is 32.8 Å². The number of carbonyl (C=O) groups excluding carboxylic acids is 2. The van der Waals surface area contributed by atoms with Crippen LogP contribution in [0.1, 0.15) is 30.5 Å². The quantitative estimate of drug-likeness (QED) is 0.846. The molecular weight excluding hydrogens is 366 g/mol. The molecule has 1 aliphatic heterocycles. The summed E-state index contributed by atoms with van der Waals surface area (Å²) in [5.74, 6) is -0.176. The zero-order valence-corrected chi connectivity index (χ0v) is 16.5. The number of carbonyl (C=O) groups is 2. The molecule has 1 atom stereocenters. The topological polar surface area (TPSA) is 62.3 Å². The zero-order valence-electron chi connectivity index (χ0n) is 14.8. The largest absolute Gasteiger partial charge is 0.339 e. The van der Waals surface area contributed by atoms with Crippen molar-refractivity contribution in [2.45, 2.75) is 48.4 Å². The van der Waals surface area contributed by atoms with E-state index in [1.165, 1.54) is 0 Å². The number of nitrogens with one attached hydrogen (secondary N) is 1. The average Bonchev–Trinajstić information content (AvgIpc) is 3.25. The normalized spacial score (nSPS) is 19.8. The van der Waals surface area contributed by atoms with E-state index in [1.807, 2.05) is 36.3 Å². The highest BCUT2D eigenvalue weighted by molar-refractivity contribution is 8.01. The van der Waals surface area contributed by atoms with Crippen molar-refractivity contribution >= 4 is 40.6 Å². The van der Waals surface area contributed by atoms with Gasteiger partial charge in [-0.05, 0) is 50.5 Å². The third kappa shape index (κ3) is 3.78. The van der Waals surface area contributed by atoms with Gasteiger partial charge in [-0.1, -0.05) is 11.8 Å². The van der Waals surface area contributed by atoms with Crippen molar-refractivity contribution < 1.29 is 9.59 Å². The van der Waals surface area contributed by atoms with Gasteiger partial charge in [0.2, 0.25) is 11.8 Å². The lowest BCUT2D eigenvalue weighted by Crippen LogP contribution is -2.30. The Bertz CT molecular complexity index is 860. The van der Waals surface area contributed by atoms with Crippen LogP contribution in [0.3, 0.4) is 0 Å². The van der Waals surface area contributed by atoms with E-state index < -0.39 is 0 Å². The van der Waals surface area contributed by atoms with Crippen LogP contribution in [0.2, 0.25) is 0 Å². The Morgan fingerprint density at radius 2 is 2.15 bits per heavy atom. The van der Waals surface area contributed by atoms with E-state index in [9.17, 15) is 9.59 Å². The Balaban J connectivity index is 1.40. The molecule has 2 amide bonds. The summed E-state index contributed by atoms with van der Waals surface area (Å²) in [6.45, 7) is 4.54. The van der Waals surface area contributed by atoms with Gasteiger partial charge < -0.3 is 10.2 Å². The lowest BCUT2D eigenvalue weighted by atomic mass is 10.1. The van der Waals surface area contributed by atoms with E-state index in [0.717, 1.165) is 39.0 Å². The molecule has 5 nitrogen and oxygen atoms in total. The Labute approximate surface area is 161 Å². The fourth-order valence-corrected chi connectivity index (χ4v) is 5.11. The van der Waals surface area contributed by atoms with Gasteiger partial charge in [0.15, 0.2) is 4.34 Å². The van der Waals surface area contributed by atoms with Gasteiger partial charge in [0.05, 0.1) is 5.92 Å². The average molecular weight is 388 g/mol. The van der Waals surface area contributed by atoms with Crippen molar-refractivity contribution in [1.82, 2.24) is 9.88 Å². The summed E-state index contributed by atoms with van der Waals surface area (Å²) >= 11 is 3.26. The zero-order chi connectivity index (χ0) is 18.3. The smallest absolute Gasteiger partial charge is 0.229 e. The van der Waals surface area contributed by atoms with Crippen LogP contribution in [0.5, 0.6) is 0 Å². The first-order valence-corrected chi connectivity index (χ1v) is 10.5. The van der Waals surface area contributed by atoms with Crippen molar-refractivity contribution in [2.24, 2.45) is 5.92 Å². The Kier molecular flexibility index (Phi) is 4.75. The predicted molar refractivity (Wildman–Crippen MR) is 104 cm³/mol. The minimum atomic E-state index is -0.241. The number of likely N-dealkylation sites (tertiary alicyclic amines) is 1. The van der Waals surface area contributed by atoms with Crippen molar-refractivity contribution in [2.75, 3.05) is 11.9 Å². The molecule has 0 radical (unpaired) electrons. The van der Waals surface area contributed by atoms with Crippen LogP contribution in [-0.4, -0.2) is 34.3 Å². The number of amides is 2. The number of benzene rings is 1. The maximum absolute atomic E-state index is 12.6. The van der Waals surface area contributed by atoms with Crippen LogP contribution in [-0.2, 0) is 9.59 Å². The van der Waals surface area contributed by atoms with Gasteiger partial charge in [0, 0.05) is 40.7 Å². The van der Waals surface area contributed by atoms with Gasteiger partial charge in [-0.2, -0.15) is 0 Å². The fraction of sp³-hybridized carbons (Fsp3) is 0.421. The van der Waals surface area contributed by atoms with Crippen LogP contribution in [0, 0.1) is 19.8 Å². The first kappa shape index (κ1) is 17.5. The second-order valence-electron chi connectivity index (χ2n) is 7.00. The van der Waals surface area contributed by atoms with Gasteiger partial charge in [-0.3, -0.25) is 9.59 Å². The first-order chi connectivity index (χ1) is 12.5. The third-order valence-electron chi connectivity index (χ3n) is 4.78. The molecule has 2 heterocycles. The minimum absolute atomic E-state index is 0.0550. The summed E-state index contributed by atoms with van der Waals surface area (Å²) < 4.78 is 1.02. The number of hydrogen-bond acceptors (Lipinski definition) is 5. The summed E-state index contributed by atoms with van der Waals surface area (Å²) in [5.41, 5.74) is 2.86. The summed E-state index contributed by atoms with van der Waals surface area (Å²) in [4.78, 5) is 32.1. The monoisotopic (exact) mass is 387 g/mol. The number of nitrogens with zero attached hydrogens (tertiary/aromatic N) is 2. The summed E-state index contributed by atoms with van der Waals surface area (Å²) in [6, 6.07) is 6.38. The molecule has 1 aliphatic carbocycles. The Morgan fingerprint density at radius 1 is 1.35 bits per heavy atom. The second kappa shape index (κ2) is 7.04. The molecule has 1 aromatic heterocycles. The molecule has 2 aromatic rings. The molecule has 0 bridgehead atoms. The van der Waals surface area contributed by atoms with Crippen LogP contribution in [0.4, 0.5) is 5.69 Å². The molecule has 1 N–H and O–H groups in total. The van der Waals surface area contributed by atoms with Gasteiger partial charge in [-0.25, -0.2) is 4.98 Å². The minimum Gasteiger partial charge on any atom is -0.339 e. The van der Waals surface area contributed by atoms with Gasteiger partial charge in [-0.15, -0.1) is 11.3 Å². The van der Waals surface area contributed by atoms with Crippen molar-refractivity contribution in [3.05, 3.63) is 34.8 Å². The summed E-state index contributed by atoms with van der Waals surface area (Å²) in [5, 5.41) is 5.05. The molecule has 7 heteroatoms. The number of aryl methyl sites for hydroxylation is 2. The highest BCUT2D eigenvalue weighted by Gasteiger charge is 2.41. The number of thiazole rings is 1. The SMILES string of the molecule is Cc1csc(Sc2ccc(NC(=O)C3CC(=O)N(C4CC4)C3)c(C)c2)n1. The Morgan fingerprint density at radius 3 is 2.81 bits per heavy atom. The van der Waals surface area contributed by atoms with Crippen LogP contribution >= 0.6 is 23.1 Å². The van der Waals surface area contributed by atoms with Crippen molar-refractivity contribution in [3.63, 3.8) is 0 Å². The molecule has 1 aromatic carbocycles. The standard InChI is InChI=1S/C19H21N3O2S2/c1-11-7-15(26-19-20-12(2)10-25-19)5-6-16(11)21-18(24)13-8-17(23)22(9-13)14-3-4-14/h5-7,10,13-14H,3-4,8-9H2,1-2H3,(H,21,24). The predicted octanol–water partition coefficient (Wildman–Crippen LogP) is 3.86. The van der Waals surface area contributed by atoms with Gasteiger partial charge >= 0.3 is 0 Å². The van der Waals surface area contributed by atoms with Gasteiger partial charge in [0.1, 0.15) is 0 Å². The summed E-state index contributed by atoms with van der Waals surface area (Å²) in [6.07, 6.45) is 2.49. The molecule has 2 aliphatic rings. The molecule has 4 rings (SSSR count). The molecule has 0 spiro atoms. The second-order valence-corrected chi connectivity index (χ2v) is 9.18. The molecule has 26 heavy (non-hydrogen) atoms. The van der Waals surface area contributed by atoms with Crippen molar-refractivity contribution in [3.8, 4) is 0 Å². The highest BCUT2D eigenvalue weighted by Crippen LogP contribution is 2.34. The lowest BCUT2D eigenvalue weighted by molar-refractivity contribution is -0.128. The number of hydrogen-bond donors (Lipinski definition) is 1. The molecule has 1 saturated carbocycles. The van der Waals surface area contributed by atoms with Crippen LogP contribution < -0.4 is 5.32 Å². The fourth-order valence-electron chi connectivity index (χ4n) is 3.20. The van der Waals surface area contributed by atoms with Crippen molar-refractivity contribution in [1.29, 1.82) is 0 Å². The molecular formula is C19H21N3O2S2. The van der Waals surface area contributed by atoms with Crippen LogP contribution in [0.25, 0.3) is 0 Å². The highest BCUT2D eigenvalue weighted by atomic mass is 32.2.